The number of aliphatic carboxylic acids is 1. The largest absolute Gasteiger partial charge is 0.481 e. The Hall–Kier alpha value is -1.89. The van der Waals surface area contributed by atoms with Gasteiger partial charge in [-0.2, -0.15) is 0 Å². The summed E-state index contributed by atoms with van der Waals surface area (Å²) in [4.78, 5) is 34.8. The van der Waals surface area contributed by atoms with Crippen molar-refractivity contribution in [3.63, 3.8) is 0 Å². The molecule has 1 aromatic heterocycles. The second-order valence-electron chi connectivity index (χ2n) is 4.52. The van der Waals surface area contributed by atoms with Crippen LogP contribution in [0.15, 0.2) is 5.38 Å². The molecule has 0 aliphatic carbocycles. The van der Waals surface area contributed by atoms with Crippen molar-refractivity contribution in [1.82, 2.24) is 0 Å². The van der Waals surface area contributed by atoms with Crippen molar-refractivity contribution in [2.24, 2.45) is 11.8 Å². The average Bonchev–Trinajstić information content (AvgIpc) is 2.77. The summed E-state index contributed by atoms with van der Waals surface area (Å²) in [5.74, 6) is -3.53. The van der Waals surface area contributed by atoms with E-state index >= 15 is 0 Å². The fourth-order valence-corrected chi connectivity index (χ4v) is 2.44. The zero-order chi connectivity index (χ0) is 15.4. The van der Waals surface area contributed by atoms with Gasteiger partial charge in [0.2, 0.25) is 5.91 Å². The number of carboxylic acids is 1. The first-order chi connectivity index (χ1) is 9.29. The maximum absolute atomic E-state index is 12.0. The maximum Gasteiger partial charge on any atom is 0.350 e. The van der Waals surface area contributed by atoms with E-state index in [2.05, 4.69) is 10.1 Å². The number of thiophene rings is 1. The molecule has 0 saturated heterocycles. The van der Waals surface area contributed by atoms with Gasteiger partial charge in [0.25, 0.3) is 0 Å². The SMILES string of the molecule is COC(=O)c1scc(C)c1NC(=O)C(C)C(C)C(=O)O. The van der Waals surface area contributed by atoms with Gasteiger partial charge in [-0.25, -0.2) is 4.79 Å². The van der Waals surface area contributed by atoms with Crippen LogP contribution in [0.25, 0.3) is 0 Å². The maximum atomic E-state index is 12.0. The Morgan fingerprint density at radius 3 is 2.40 bits per heavy atom. The lowest BCUT2D eigenvalue weighted by molar-refractivity contribution is -0.145. The van der Waals surface area contributed by atoms with Crippen molar-refractivity contribution in [2.45, 2.75) is 20.8 Å². The predicted octanol–water partition coefficient (Wildman–Crippen LogP) is 2.14. The summed E-state index contributed by atoms with van der Waals surface area (Å²) < 4.78 is 4.64. The fraction of sp³-hybridized carbons (Fsp3) is 0.462. The molecule has 20 heavy (non-hydrogen) atoms. The molecular weight excluding hydrogens is 282 g/mol. The van der Waals surface area contributed by atoms with Crippen LogP contribution in [-0.2, 0) is 14.3 Å². The number of methoxy groups -OCH3 is 1. The van der Waals surface area contributed by atoms with Gasteiger partial charge in [0.1, 0.15) is 4.88 Å². The number of hydrogen-bond acceptors (Lipinski definition) is 5. The molecule has 1 rings (SSSR count). The lowest BCUT2D eigenvalue weighted by Crippen LogP contribution is -2.30. The van der Waals surface area contributed by atoms with Crippen molar-refractivity contribution in [2.75, 3.05) is 12.4 Å². The molecule has 0 fully saturated rings. The number of carboxylic acid groups (broad SMARTS) is 1. The van der Waals surface area contributed by atoms with Gasteiger partial charge in [-0.05, 0) is 17.9 Å². The first kappa shape index (κ1) is 16.2. The topological polar surface area (TPSA) is 92.7 Å². The third-order valence-electron chi connectivity index (χ3n) is 3.15. The predicted molar refractivity (Wildman–Crippen MR) is 75.0 cm³/mol. The zero-order valence-electron chi connectivity index (χ0n) is 11.7. The van der Waals surface area contributed by atoms with Crippen molar-refractivity contribution >= 4 is 34.9 Å². The Bertz CT molecular complexity index is 537. The summed E-state index contributed by atoms with van der Waals surface area (Å²) in [5.41, 5.74) is 1.12. The van der Waals surface area contributed by atoms with E-state index < -0.39 is 29.7 Å². The van der Waals surface area contributed by atoms with E-state index in [9.17, 15) is 14.4 Å². The molecule has 2 atom stereocenters. The lowest BCUT2D eigenvalue weighted by atomic mass is 9.95. The molecule has 0 aliphatic heterocycles. The summed E-state index contributed by atoms with van der Waals surface area (Å²) in [5, 5.41) is 13.3. The summed E-state index contributed by atoms with van der Waals surface area (Å²) in [6.07, 6.45) is 0. The van der Waals surface area contributed by atoms with E-state index in [1.807, 2.05) is 0 Å². The van der Waals surface area contributed by atoms with Crippen LogP contribution in [-0.4, -0.2) is 30.1 Å². The van der Waals surface area contributed by atoms with Gasteiger partial charge < -0.3 is 15.2 Å². The van der Waals surface area contributed by atoms with Crippen molar-refractivity contribution < 1.29 is 24.2 Å². The molecule has 6 nitrogen and oxygen atoms in total. The number of hydrogen-bond donors (Lipinski definition) is 2. The summed E-state index contributed by atoms with van der Waals surface area (Å²) in [6.45, 7) is 4.76. The Labute approximate surface area is 120 Å². The molecule has 2 unspecified atom stereocenters. The Balaban J connectivity index is 2.94. The van der Waals surface area contributed by atoms with Gasteiger partial charge in [-0.15, -0.1) is 11.3 Å². The molecule has 0 bridgehead atoms. The molecule has 2 N–H and O–H groups in total. The highest BCUT2D eigenvalue weighted by molar-refractivity contribution is 7.12. The van der Waals surface area contributed by atoms with Crippen LogP contribution in [0.1, 0.15) is 29.1 Å². The molecule has 1 heterocycles. The van der Waals surface area contributed by atoms with Gasteiger partial charge in [0, 0.05) is 5.92 Å². The van der Waals surface area contributed by atoms with E-state index in [1.54, 1.807) is 12.3 Å². The first-order valence-corrected chi connectivity index (χ1v) is 6.87. The van der Waals surface area contributed by atoms with Crippen LogP contribution in [0.4, 0.5) is 5.69 Å². The van der Waals surface area contributed by atoms with Gasteiger partial charge in [0.15, 0.2) is 0 Å². The number of aryl methyl sites for hydroxylation is 1. The third kappa shape index (κ3) is 3.36. The fourth-order valence-electron chi connectivity index (χ4n) is 1.52. The standard InChI is InChI=1S/C13H17NO5S/c1-6-5-20-10(13(18)19-4)9(6)14-11(15)7(2)8(3)12(16)17/h5,7-8H,1-4H3,(H,14,15)(H,16,17). The van der Waals surface area contributed by atoms with Crippen LogP contribution in [0.5, 0.6) is 0 Å². The van der Waals surface area contributed by atoms with Gasteiger partial charge in [-0.3, -0.25) is 9.59 Å². The molecular formula is C13H17NO5S. The molecule has 0 radical (unpaired) electrons. The van der Waals surface area contributed by atoms with Crippen molar-refractivity contribution in [3.8, 4) is 0 Å². The normalized spacial score (nSPS) is 13.4. The number of esters is 1. The van der Waals surface area contributed by atoms with Crippen LogP contribution >= 0.6 is 11.3 Å². The highest BCUT2D eigenvalue weighted by Crippen LogP contribution is 2.29. The van der Waals surface area contributed by atoms with Crippen LogP contribution in [0.2, 0.25) is 0 Å². The molecule has 0 spiro atoms. The minimum absolute atomic E-state index is 0.300. The minimum Gasteiger partial charge on any atom is -0.481 e. The van der Waals surface area contributed by atoms with E-state index in [1.165, 1.54) is 32.3 Å². The lowest BCUT2D eigenvalue weighted by Gasteiger charge is -2.16. The highest BCUT2D eigenvalue weighted by atomic mass is 32.1. The highest BCUT2D eigenvalue weighted by Gasteiger charge is 2.27. The number of rotatable bonds is 5. The van der Waals surface area contributed by atoms with E-state index in [0.717, 1.165) is 5.56 Å². The van der Waals surface area contributed by atoms with Gasteiger partial charge in [0.05, 0.1) is 18.7 Å². The molecule has 0 saturated carbocycles. The Morgan fingerprint density at radius 2 is 1.90 bits per heavy atom. The van der Waals surface area contributed by atoms with Crippen molar-refractivity contribution in [1.29, 1.82) is 0 Å². The Kier molecular flexibility index (Phi) is 5.26. The summed E-state index contributed by atoms with van der Waals surface area (Å²) >= 11 is 1.17. The number of nitrogens with one attached hydrogen (secondary N) is 1. The molecule has 0 aromatic carbocycles. The van der Waals surface area contributed by atoms with Gasteiger partial charge >= 0.3 is 11.9 Å². The van der Waals surface area contributed by atoms with Crippen LogP contribution < -0.4 is 5.32 Å². The molecule has 7 heteroatoms. The second-order valence-corrected chi connectivity index (χ2v) is 5.40. The number of carbonyl (C=O) groups is 3. The molecule has 0 aliphatic rings. The Morgan fingerprint density at radius 1 is 1.30 bits per heavy atom. The van der Waals surface area contributed by atoms with E-state index in [0.29, 0.717) is 10.6 Å². The molecule has 1 aromatic rings. The summed E-state index contributed by atoms with van der Waals surface area (Å²) in [6, 6.07) is 0. The number of ether oxygens (including phenoxy) is 1. The number of amides is 1. The number of anilines is 1. The van der Waals surface area contributed by atoms with E-state index in [4.69, 9.17) is 5.11 Å². The van der Waals surface area contributed by atoms with Crippen molar-refractivity contribution in [3.05, 3.63) is 15.8 Å². The summed E-state index contributed by atoms with van der Waals surface area (Å²) in [7, 11) is 1.26. The zero-order valence-corrected chi connectivity index (χ0v) is 12.5. The molecule has 110 valence electrons. The smallest absolute Gasteiger partial charge is 0.350 e. The van der Waals surface area contributed by atoms with Crippen LogP contribution in [0, 0.1) is 18.8 Å². The van der Waals surface area contributed by atoms with E-state index in [-0.39, 0.29) is 0 Å². The van der Waals surface area contributed by atoms with Gasteiger partial charge in [-0.1, -0.05) is 13.8 Å². The average molecular weight is 299 g/mol. The minimum atomic E-state index is -1.04. The quantitative estimate of drug-likeness (QED) is 0.813. The second kappa shape index (κ2) is 6.51. The molecule has 1 amide bonds. The monoisotopic (exact) mass is 299 g/mol. The van der Waals surface area contributed by atoms with Crippen LogP contribution in [0.3, 0.4) is 0 Å². The third-order valence-corrected chi connectivity index (χ3v) is 4.22. The number of carbonyl (C=O) groups excluding carboxylic acids is 2. The first-order valence-electron chi connectivity index (χ1n) is 5.99.